The first-order valence-electron chi connectivity index (χ1n) is 5.58. The lowest BCUT2D eigenvalue weighted by Gasteiger charge is -2.23. The summed E-state index contributed by atoms with van der Waals surface area (Å²) in [5.74, 6) is 0.189. The molecule has 0 saturated heterocycles. The standard InChI is InChI=1S/C13H13ClF3N/c1-8-7-18(12(14)9(8)2)11-5-3-10(4-6-11)13(15,16)17/h3-7,9,12H,1-2H3. The lowest BCUT2D eigenvalue weighted by Crippen LogP contribution is -2.25. The van der Waals surface area contributed by atoms with Crippen molar-refractivity contribution in [1.29, 1.82) is 0 Å². The Morgan fingerprint density at radius 3 is 2.11 bits per heavy atom. The highest BCUT2D eigenvalue weighted by atomic mass is 35.5. The van der Waals surface area contributed by atoms with Gasteiger partial charge in [-0.1, -0.05) is 24.1 Å². The fourth-order valence-corrected chi connectivity index (χ4v) is 2.27. The quantitative estimate of drug-likeness (QED) is 0.533. The SMILES string of the molecule is CC1=CN(c2ccc(C(F)(F)F)cc2)C(Cl)C1C. The number of hydrogen-bond acceptors (Lipinski definition) is 1. The Morgan fingerprint density at radius 2 is 1.72 bits per heavy atom. The van der Waals surface area contributed by atoms with Crippen LogP contribution in [0.5, 0.6) is 0 Å². The first kappa shape index (κ1) is 13.3. The monoisotopic (exact) mass is 275 g/mol. The number of nitrogens with zero attached hydrogens (tertiary/aromatic N) is 1. The summed E-state index contributed by atoms with van der Waals surface area (Å²) in [7, 11) is 0. The van der Waals surface area contributed by atoms with Gasteiger partial charge in [-0.05, 0) is 31.2 Å². The van der Waals surface area contributed by atoms with Crippen LogP contribution in [0.2, 0.25) is 0 Å². The average Bonchev–Trinajstić information content (AvgIpc) is 2.56. The van der Waals surface area contributed by atoms with Crippen LogP contribution in [0.1, 0.15) is 19.4 Å². The third-order valence-electron chi connectivity index (χ3n) is 3.23. The molecule has 1 aliphatic heterocycles. The van der Waals surface area contributed by atoms with Crippen molar-refractivity contribution in [2.75, 3.05) is 4.90 Å². The molecule has 5 heteroatoms. The predicted molar refractivity (Wildman–Crippen MR) is 66.5 cm³/mol. The van der Waals surface area contributed by atoms with E-state index in [0.717, 1.165) is 17.7 Å². The van der Waals surface area contributed by atoms with Gasteiger partial charge in [-0.15, -0.1) is 0 Å². The minimum atomic E-state index is -4.30. The minimum absolute atomic E-state index is 0.189. The van der Waals surface area contributed by atoms with E-state index in [-0.39, 0.29) is 11.4 Å². The third kappa shape index (κ3) is 2.34. The molecule has 0 N–H and O–H groups in total. The van der Waals surface area contributed by atoms with Crippen LogP contribution in [0.25, 0.3) is 0 Å². The molecule has 1 aromatic rings. The highest BCUT2D eigenvalue weighted by molar-refractivity contribution is 6.22. The van der Waals surface area contributed by atoms with Gasteiger partial charge in [0, 0.05) is 17.8 Å². The molecule has 0 amide bonds. The van der Waals surface area contributed by atoms with E-state index >= 15 is 0 Å². The molecule has 0 saturated carbocycles. The lowest BCUT2D eigenvalue weighted by molar-refractivity contribution is -0.137. The highest BCUT2D eigenvalue weighted by Crippen LogP contribution is 2.36. The highest BCUT2D eigenvalue weighted by Gasteiger charge is 2.32. The van der Waals surface area contributed by atoms with E-state index in [9.17, 15) is 13.2 Å². The van der Waals surface area contributed by atoms with Crippen molar-refractivity contribution in [3.63, 3.8) is 0 Å². The Hall–Kier alpha value is -1.16. The summed E-state index contributed by atoms with van der Waals surface area (Å²) in [6.45, 7) is 3.96. The van der Waals surface area contributed by atoms with Crippen molar-refractivity contribution in [1.82, 2.24) is 0 Å². The van der Waals surface area contributed by atoms with Crippen molar-refractivity contribution in [3.8, 4) is 0 Å². The maximum Gasteiger partial charge on any atom is 0.416 e. The van der Waals surface area contributed by atoms with Crippen LogP contribution in [0.15, 0.2) is 36.0 Å². The summed E-state index contributed by atoms with van der Waals surface area (Å²) >= 11 is 6.24. The Kier molecular flexibility index (Phi) is 3.32. The molecule has 0 spiro atoms. The molecule has 2 rings (SSSR count). The molecule has 0 aliphatic carbocycles. The van der Waals surface area contributed by atoms with E-state index in [0.29, 0.717) is 5.69 Å². The smallest absolute Gasteiger partial charge is 0.331 e. The Balaban J connectivity index is 2.26. The summed E-state index contributed by atoms with van der Waals surface area (Å²) in [5, 5.41) is 0. The van der Waals surface area contributed by atoms with Gasteiger partial charge in [0.15, 0.2) is 0 Å². The summed E-state index contributed by atoms with van der Waals surface area (Å²) in [6, 6.07) is 5.04. The fourth-order valence-electron chi connectivity index (χ4n) is 1.91. The Bertz CT molecular complexity index is 464. The van der Waals surface area contributed by atoms with Crippen molar-refractivity contribution >= 4 is 17.3 Å². The summed E-state index contributed by atoms with van der Waals surface area (Å²) in [4.78, 5) is 1.79. The molecule has 0 radical (unpaired) electrons. The number of halogens is 4. The molecule has 98 valence electrons. The van der Waals surface area contributed by atoms with Crippen LogP contribution in [0, 0.1) is 5.92 Å². The van der Waals surface area contributed by atoms with Crippen LogP contribution < -0.4 is 4.90 Å². The van der Waals surface area contributed by atoms with E-state index < -0.39 is 11.7 Å². The van der Waals surface area contributed by atoms with E-state index in [1.807, 2.05) is 20.0 Å². The largest absolute Gasteiger partial charge is 0.416 e. The second-order valence-electron chi connectivity index (χ2n) is 4.49. The van der Waals surface area contributed by atoms with Crippen molar-refractivity contribution in [2.45, 2.75) is 25.5 Å². The first-order valence-corrected chi connectivity index (χ1v) is 6.02. The van der Waals surface area contributed by atoms with Crippen LogP contribution in [-0.4, -0.2) is 5.50 Å². The molecular weight excluding hydrogens is 263 g/mol. The van der Waals surface area contributed by atoms with Crippen LogP contribution in [0.3, 0.4) is 0 Å². The maximum atomic E-state index is 12.4. The zero-order valence-electron chi connectivity index (χ0n) is 10.0. The minimum Gasteiger partial charge on any atom is -0.331 e. The molecule has 18 heavy (non-hydrogen) atoms. The molecule has 1 aromatic carbocycles. The summed E-state index contributed by atoms with van der Waals surface area (Å²) in [5.41, 5.74) is 0.897. The van der Waals surface area contributed by atoms with Crippen LogP contribution in [-0.2, 0) is 6.18 Å². The molecule has 1 heterocycles. The molecule has 1 aliphatic rings. The molecule has 0 fully saturated rings. The normalized spacial score (nSPS) is 24.3. The maximum absolute atomic E-state index is 12.4. The van der Waals surface area contributed by atoms with Gasteiger partial charge in [-0.25, -0.2) is 0 Å². The average molecular weight is 276 g/mol. The van der Waals surface area contributed by atoms with E-state index in [2.05, 4.69) is 0 Å². The van der Waals surface area contributed by atoms with Gasteiger partial charge < -0.3 is 4.90 Å². The second-order valence-corrected chi connectivity index (χ2v) is 4.93. The number of rotatable bonds is 1. The molecular formula is C13H13ClF3N. The third-order valence-corrected chi connectivity index (χ3v) is 3.82. The first-order chi connectivity index (χ1) is 8.30. The number of anilines is 1. The van der Waals surface area contributed by atoms with Crippen molar-refractivity contribution in [3.05, 3.63) is 41.6 Å². The van der Waals surface area contributed by atoms with Crippen LogP contribution in [0.4, 0.5) is 18.9 Å². The molecule has 0 bridgehead atoms. The lowest BCUT2D eigenvalue weighted by atomic mass is 10.1. The zero-order valence-corrected chi connectivity index (χ0v) is 10.8. The van der Waals surface area contributed by atoms with Crippen molar-refractivity contribution in [2.24, 2.45) is 5.92 Å². The number of hydrogen-bond donors (Lipinski definition) is 0. The topological polar surface area (TPSA) is 3.24 Å². The van der Waals surface area contributed by atoms with E-state index in [1.165, 1.54) is 12.1 Å². The Labute approximate surface area is 109 Å². The van der Waals surface area contributed by atoms with Gasteiger partial charge in [0.25, 0.3) is 0 Å². The predicted octanol–water partition coefficient (Wildman–Crippen LogP) is 4.63. The van der Waals surface area contributed by atoms with Gasteiger partial charge in [0.1, 0.15) is 5.50 Å². The molecule has 2 unspecified atom stereocenters. The second kappa shape index (κ2) is 4.50. The van der Waals surface area contributed by atoms with Gasteiger partial charge in [-0.3, -0.25) is 0 Å². The number of benzene rings is 1. The number of alkyl halides is 4. The molecule has 2 atom stereocenters. The van der Waals surface area contributed by atoms with Gasteiger partial charge in [0.05, 0.1) is 5.56 Å². The summed E-state index contributed by atoms with van der Waals surface area (Å²) < 4.78 is 37.3. The summed E-state index contributed by atoms with van der Waals surface area (Å²) in [6.07, 6.45) is -2.42. The fraction of sp³-hybridized carbons (Fsp3) is 0.385. The van der Waals surface area contributed by atoms with Gasteiger partial charge in [-0.2, -0.15) is 13.2 Å². The van der Waals surface area contributed by atoms with Crippen LogP contribution >= 0.6 is 11.6 Å². The van der Waals surface area contributed by atoms with E-state index in [1.54, 1.807) is 4.90 Å². The molecule has 0 aromatic heterocycles. The van der Waals surface area contributed by atoms with E-state index in [4.69, 9.17) is 11.6 Å². The van der Waals surface area contributed by atoms with Gasteiger partial charge >= 0.3 is 6.18 Å². The van der Waals surface area contributed by atoms with Gasteiger partial charge in [0.2, 0.25) is 0 Å². The van der Waals surface area contributed by atoms with Crippen molar-refractivity contribution < 1.29 is 13.2 Å². The Morgan fingerprint density at radius 1 is 1.17 bits per heavy atom. The zero-order chi connectivity index (χ0) is 13.5. The molecule has 1 nitrogen and oxygen atoms in total.